The third-order valence-corrected chi connectivity index (χ3v) is 3.64. The van der Waals surface area contributed by atoms with Crippen molar-refractivity contribution in [3.05, 3.63) is 77.0 Å². The van der Waals surface area contributed by atoms with Crippen molar-refractivity contribution in [1.82, 2.24) is 4.98 Å². The predicted molar refractivity (Wildman–Crippen MR) is 89.9 cm³/mol. The number of aryl methyl sites for hydroxylation is 1. The van der Waals surface area contributed by atoms with Gasteiger partial charge in [-0.15, -0.1) is 12.4 Å². The Hall–Kier alpha value is -1.70. The number of halogens is 2. The van der Waals surface area contributed by atoms with Gasteiger partial charge in [0.1, 0.15) is 0 Å². The van der Waals surface area contributed by atoms with Crippen LogP contribution in [0.15, 0.2) is 55.1 Å². The third kappa shape index (κ3) is 2.47. The van der Waals surface area contributed by atoms with E-state index in [4.69, 9.17) is 11.6 Å². The molecule has 0 unspecified atom stereocenters. The van der Waals surface area contributed by atoms with Gasteiger partial charge < -0.3 is 4.98 Å². The van der Waals surface area contributed by atoms with Crippen LogP contribution in [0.2, 0.25) is 5.02 Å². The summed E-state index contributed by atoms with van der Waals surface area (Å²) in [6.45, 7) is 6.32. The van der Waals surface area contributed by atoms with Gasteiger partial charge in [-0.25, -0.2) is 0 Å². The topological polar surface area (TPSA) is 15.8 Å². The summed E-state index contributed by atoms with van der Waals surface area (Å²) in [5.74, 6) is 0. The molecule has 0 fully saturated rings. The Morgan fingerprint density at radius 3 is 2.40 bits per heavy atom. The molecule has 0 amide bonds. The van der Waals surface area contributed by atoms with Gasteiger partial charge in [0.15, 0.2) is 0 Å². The Morgan fingerprint density at radius 1 is 1.05 bits per heavy atom. The molecule has 3 heteroatoms. The lowest BCUT2D eigenvalue weighted by Gasteiger charge is -2.07. The SMILES string of the molecule is C=C(c1ccc(Cl)cc1)c1c(C)[nH]c2ccccc12.Cl. The van der Waals surface area contributed by atoms with Gasteiger partial charge in [0, 0.05) is 27.2 Å². The van der Waals surface area contributed by atoms with E-state index in [0.29, 0.717) is 0 Å². The lowest BCUT2D eigenvalue weighted by Crippen LogP contribution is -1.87. The van der Waals surface area contributed by atoms with E-state index in [-0.39, 0.29) is 12.4 Å². The van der Waals surface area contributed by atoms with Crippen LogP contribution in [0.1, 0.15) is 16.8 Å². The molecule has 0 radical (unpaired) electrons. The molecule has 0 aliphatic carbocycles. The lowest BCUT2D eigenvalue weighted by atomic mass is 9.97. The minimum Gasteiger partial charge on any atom is -0.358 e. The highest BCUT2D eigenvalue weighted by Crippen LogP contribution is 2.31. The molecule has 3 aromatic rings. The zero-order valence-corrected chi connectivity index (χ0v) is 12.7. The quantitative estimate of drug-likeness (QED) is 0.633. The van der Waals surface area contributed by atoms with Crippen LogP contribution >= 0.6 is 24.0 Å². The van der Waals surface area contributed by atoms with Crippen molar-refractivity contribution >= 4 is 40.5 Å². The number of hydrogen-bond acceptors (Lipinski definition) is 0. The van der Waals surface area contributed by atoms with E-state index in [0.717, 1.165) is 27.4 Å². The molecule has 1 heterocycles. The van der Waals surface area contributed by atoms with Gasteiger partial charge in [-0.2, -0.15) is 0 Å². The monoisotopic (exact) mass is 303 g/mol. The fourth-order valence-corrected chi connectivity index (χ4v) is 2.59. The first-order valence-electron chi connectivity index (χ1n) is 6.19. The maximum absolute atomic E-state index is 5.93. The average molecular weight is 304 g/mol. The van der Waals surface area contributed by atoms with E-state index in [1.807, 2.05) is 36.4 Å². The molecule has 0 spiro atoms. The van der Waals surface area contributed by atoms with Crippen molar-refractivity contribution in [3.8, 4) is 0 Å². The van der Waals surface area contributed by atoms with E-state index in [1.165, 1.54) is 10.9 Å². The molecule has 0 aliphatic heterocycles. The van der Waals surface area contributed by atoms with Gasteiger partial charge in [-0.05, 0) is 36.3 Å². The van der Waals surface area contributed by atoms with Gasteiger partial charge in [-0.1, -0.05) is 48.5 Å². The Bertz CT molecular complexity index is 754. The molecular weight excluding hydrogens is 289 g/mol. The molecular formula is C17H15Cl2N. The molecule has 0 saturated heterocycles. The number of para-hydroxylation sites is 1. The van der Waals surface area contributed by atoms with Gasteiger partial charge in [0.05, 0.1) is 0 Å². The van der Waals surface area contributed by atoms with E-state index in [2.05, 4.69) is 30.6 Å². The van der Waals surface area contributed by atoms with Crippen molar-refractivity contribution in [1.29, 1.82) is 0 Å². The normalized spacial score (nSPS) is 10.3. The van der Waals surface area contributed by atoms with Crippen molar-refractivity contribution in [2.24, 2.45) is 0 Å². The maximum atomic E-state index is 5.93. The van der Waals surface area contributed by atoms with Crippen LogP contribution in [0.4, 0.5) is 0 Å². The number of benzene rings is 2. The van der Waals surface area contributed by atoms with Crippen molar-refractivity contribution in [2.75, 3.05) is 0 Å². The number of fused-ring (bicyclic) bond motifs is 1. The fourth-order valence-electron chi connectivity index (χ4n) is 2.46. The highest BCUT2D eigenvalue weighted by atomic mass is 35.5. The van der Waals surface area contributed by atoms with Crippen LogP contribution in [0, 0.1) is 6.92 Å². The number of aromatic amines is 1. The first kappa shape index (κ1) is 14.7. The molecule has 0 aliphatic rings. The molecule has 0 bridgehead atoms. The molecule has 2 aromatic carbocycles. The Morgan fingerprint density at radius 2 is 1.70 bits per heavy atom. The molecule has 0 atom stereocenters. The Labute approximate surface area is 129 Å². The molecule has 1 nitrogen and oxygen atoms in total. The number of rotatable bonds is 2. The van der Waals surface area contributed by atoms with Crippen LogP contribution < -0.4 is 0 Å². The van der Waals surface area contributed by atoms with E-state index in [9.17, 15) is 0 Å². The molecule has 20 heavy (non-hydrogen) atoms. The largest absolute Gasteiger partial charge is 0.358 e. The summed E-state index contributed by atoms with van der Waals surface area (Å²) in [5, 5.41) is 1.95. The summed E-state index contributed by atoms with van der Waals surface area (Å²) in [5.41, 5.74) is 5.58. The minimum atomic E-state index is 0. The Kier molecular flexibility index (Phi) is 4.22. The number of H-pyrrole nitrogens is 1. The summed E-state index contributed by atoms with van der Waals surface area (Å²) in [4.78, 5) is 3.40. The second kappa shape index (κ2) is 5.74. The molecule has 1 aromatic heterocycles. The minimum absolute atomic E-state index is 0. The van der Waals surface area contributed by atoms with Crippen LogP contribution in [0.25, 0.3) is 16.5 Å². The highest BCUT2D eigenvalue weighted by Gasteiger charge is 2.12. The van der Waals surface area contributed by atoms with Gasteiger partial charge >= 0.3 is 0 Å². The smallest absolute Gasteiger partial charge is 0.0462 e. The second-order valence-corrected chi connectivity index (χ2v) is 5.09. The van der Waals surface area contributed by atoms with Crippen LogP contribution in [-0.2, 0) is 0 Å². The zero-order chi connectivity index (χ0) is 13.4. The zero-order valence-electron chi connectivity index (χ0n) is 11.1. The maximum Gasteiger partial charge on any atom is 0.0462 e. The summed E-state index contributed by atoms with van der Waals surface area (Å²) >= 11 is 5.93. The predicted octanol–water partition coefficient (Wildman–Crippen LogP) is 5.61. The number of nitrogens with one attached hydrogen (secondary N) is 1. The summed E-state index contributed by atoms with van der Waals surface area (Å²) in [6.07, 6.45) is 0. The fraction of sp³-hybridized carbons (Fsp3) is 0.0588. The second-order valence-electron chi connectivity index (χ2n) is 4.66. The van der Waals surface area contributed by atoms with Crippen molar-refractivity contribution < 1.29 is 0 Å². The number of aromatic nitrogens is 1. The number of hydrogen-bond donors (Lipinski definition) is 1. The van der Waals surface area contributed by atoms with E-state index in [1.54, 1.807) is 0 Å². The van der Waals surface area contributed by atoms with Crippen molar-refractivity contribution in [2.45, 2.75) is 6.92 Å². The summed E-state index contributed by atoms with van der Waals surface area (Å²) < 4.78 is 0. The molecule has 0 saturated carbocycles. The van der Waals surface area contributed by atoms with Crippen LogP contribution in [-0.4, -0.2) is 4.98 Å². The first-order chi connectivity index (χ1) is 9.16. The average Bonchev–Trinajstić information content (AvgIpc) is 2.74. The van der Waals surface area contributed by atoms with Gasteiger partial charge in [0.25, 0.3) is 0 Å². The van der Waals surface area contributed by atoms with Crippen molar-refractivity contribution in [3.63, 3.8) is 0 Å². The standard InChI is InChI=1S/C17H14ClN.ClH/c1-11(13-7-9-14(18)10-8-13)17-12(2)19-16-6-4-3-5-15(16)17;/h3-10,19H,1H2,2H3;1H. The summed E-state index contributed by atoms with van der Waals surface area (Å²) in [6, 6.07) is 16.1. The summed E-state index contributed by atoms with van der Waals surface area (Å²) in [7, 11) is 0. The molecule has 1 N–H and O–H groups in total. The van der Waals surface area contributed by atoms with Crippen LogP contribution in [0.3, 0.4) is 0 Å². The molecule has 102 valence electrons. The Balaban J connectivity index is 0.00000147. The van der Waals surface area contributed by atoms with Gasteiger partial charge in [0.2, 0.25) is 0 Å². The highest BCUT2D eigenvalue weighted by molar-refractivity contribution is 6.30. The third-order valence-electron chi connectivity index (χ3n) is 3.39. The molecule has 3 rings (SSSR count). The van der Waals surface area contributed by atoms with E-state index >= 15 is 0 Å². The first-order valence-corrected chi connectivity index (χ1v) is 6.57. The van der Waals surface area contributed by atoms with Crippen LogP contribution in [0.5, 0.6) is 0 Å². The lowest BCUT2D eigenvalue weighted by molar-refractivity contribution is 1.28. The van der Waals surface area contributed by atoms with E-state index < -0.39 is 0 Å². The van der Waals surface area contributed by atoms with Gasteiger partial charge in [-0.3, -0.25) is 0 Å².